The van der Waals surface area contributed by atoms with Crippen LogP contribution in [-0.2, 0) is 9.53 Å². The van der Waals surface area contributed by atoms with Gasteiger partial charge in [0.15, 0.2) is 0 Å². The Morgan fingerprint density at radius 1 is 1.29 bits per heavy atom. The molecule has 0 saturated heterocycles. The largest absolute Gasteiger partial charge is 0.465 e. The number of rotatable bonds is 8. The Morgan fingerprint density at radius 2 is 1.93 bits per heavy atom. The van der Waals surface area contributed by atoms with Gasteiger partial charge in [-0.3, -0.25) is 4.79 Å². The zero-order chi connectivity index (χ0) is 10.8. The Hall–Kier alpha value is -0.570. The molecule has 0 aliphatic rings. The lowest BCUT2D eigenvalue weighted by atomic mass is 10.1. The van der Waals surface area contributed by atoms with Crippen LogP contribution in [0.1, 0.15) is 46.0 Å². The van der Waals surface area contributed by atoms with Crippen LogP contribution in [0.5, 0.6) is 0 Å². The fourth-order valence-electron chi connectivity index (χ4n) is 1.05. The molecule has 0 rings (SSSR count). The molecule has 3 nitrogen and oxygen atoms in total. The van der Waals surface area contributed by atoms with Crippen molar-refractivity contribution in [3.05, 3.63) is 0 Å². The van der Waals surface area contributed by atoms with Gasteiger partial charge in [-0.15, -0.1) is 0 Å². The summed E-state index contributed by atoms with van der Waals surface area (Å²) in [4.78, 5) is 11.2. The van der Waals surface area contributed by atoms with E-state index in [0.29, 0.717) is 6.61 Å². The molecule has 0 aromatic heterocycles. The highest BCUT2D eigenvalue weighted by Gasteiger charge is 2.10. The molecule has 0 fully saturated rings. The second-order valence-corrected chi connectivity index (χ2v) is 3.61. The highest BCUT2D eigenvalue weighted by atomic mass is 16.5. The Bertz CT molecular complexity index is 145. The maximum absolute atomic E-state index is 11.2. The highest BCUT2D eigenvalue weighted by molar-refractivity contribution is 5.71. The molecule has 0 heterocycles. The van der Waals surface area contributed by atoms with Crippen molar-refractivity contribution in [2.45, 2.75) is 46.0 Å². The predicted octanol–water partition coefficient (Wildman–Crippen LogP) is 2.13. The molecule has 0 aromatic rings. The van der Waals surface area contributed by atoms with Crippen LogP contribution in [-0.4, -0.2) is 24.3 Å². The van der Waals surface area contributed by atoms with Crippen LogP contribution in [0.3, 0.4) is 0 Å². The summed E-state index contributed by atoms with van der Waals surface area (Å²) >= 11 is 0. The van der Waals surface area contributed by atoms with Gasteiger partial charge in [0.25, 0.3) is 0 Å². The number of unbranched alkanes of at least 4 members (excludes halogenated alkanes) is 3. The lowest BCUT2D eigenvalue weighted by Gasteiger charge is -2.08. The molecular formula is C11H22O3. The summed E-state index contributed by atoms with van der Waals surface area (Å²) in [6.07, 6.45) is 4.62. The smallest absolute Gasteiger partial charge is 0.308 e. The Morgan fingerprint density at radius 3 is 2.50 bits per heavy atom. The van der Waals surface area contributed by atoms with Crippen molar-refractivity contribution in [1.82, 2.24) is 0 Å². The van der Waals surface area contributed by atoms with E-state index in [4.69, 9.17) is 9.84 Å². The lowest BCUT2D eigenvalue weighted by Crippen LogP contribution is -2.14. The first-order valence-corrected chi connectivity index (χ1v) is 5.49. The molecule has 0 aromatic carbocycles. The van der Waals surface area contributed by atoms with Crippen molar-refractivity contribution in [2.24, 2.45) is 5.92 Å². The average molecular weight is 202 g/mol. The van der Waals surface area contributed by atoms with E-state index in [1.54, 1.807) is 0 Å². The maximum Gasteiger partial charge on any atom is 0.308 e. The van der Waals surface area contributed by atoms with Gasteiger partial charge in [0.05, 0.1) is 12.5 Å². The first-order chi connectivity index (χ1) is 6.72. The van der Waals surface area contributed by atoms with Gasteiger partial charge in [-0.05, 0) is 25.7 Å². The van der Waals surface area contributed by atoms with E-state index in [1.165, 1.54) is 0 Å². The predicted molar refractivity (Wildman–Crippen MR) is 56.0 cm³/mol. The van der Waals surface area contributed by atoms with E-state index in [-0.39, 0.29) is 18.5 Å². The first kappa shape index (κ1) is 13.4. The molecule has 0 bridgehead atoms. The third-order valence-electron chi connectivity index (χ3n) is 2.31. The summed E-state index contributed by atoms with van der Waals surface area (Å²) in [5.41, 5.74) is 0. The third kappa shape index (κ3) is 6.89. The van der Waals surface area contributed by atoms with Gasteiger partial charge in [-0.25, -0.2) is 0 Å². The van der Waals surface area contributed by atoms with E-state index in [2.05, 4.69) is 0 Å². The van der Waals surface area contributed by atoms with E-state index < -0.39 is 0 Å². The van der Waals surface area contributed by atoms with Crippen LogP contribution < -0.4 is 0 Å². The van der Waals surface area contributed by atoms with Crippen molar-refractivity contribution in [1.29, 1.82) is 0 Å². The summed E-state index contributed by atoms with van der Waals surface area (Å²) < 4.78 is 5.07. The number of hydrogen-bond acceptors (Lipinski definition) is 3. The molecular weight excluding hydrogens is 180 g/mol. The Labute approximate surface area is 86.5 Å². The van der Waals surface area contributed by atoms with Crippen LogP contribution >= 0.6 is 0 Å². The number of aliphatic hydroxyl groups excluding tert-OH is 1. The molecule has 1 atom stereocenters. The maximum atomic E-state index is 11.2. The minimum atomic E-state index is -0.0883. The molecule has 3 heteroatoms. The van der Waals surface area contributed by atoms with Crippen molar-refractivity contribution in [2.75, 3.05) is 13.2 Å². The van der Waals surface area contributed by atoms with Gasteiger partial charge >= 0.3 is 5.97 Å². The van der Waals surface area contributed by atoms with Gasteiger partial charge in [0.1, 0.15) is 0 Å². The fraction of sp³-hybridized carbons (Fsp3) is 0.909. The SMILES string of the molecule is CCC(C)C(=O)OCCCCCCO. The minimum absolute atomic E-state index is 0.0208. The minimum Gasteiger partial charge on any atom is -0.465 e. The quantitative estimate of drug-likeness (QED) is 0.484. The summed E-state index contributed by atoms with van der Waals surface area (Å²) in [7, 11) is 0. The highest BCUT2D eigenvalue weighted by Crippen LogP contribution is 2.05. The van der Waals surface area contributed by atoms with Crippen molar-refractivity contribution < 1.29 is 14.6 Å². The zero-order valence-corrected chi connectivity index (χ0v) is 9.29. The molecule has 84 valence electrons. The standard InChI is InChI=1S/C11H22O3/c1-3-10(2)11(13)14-9-7-5-4-6-8-12/h10,12H,3-9H2,1-2H3. The monoisotopic (exact) mass is 202 g/mol. The number of aliphatic hydroxyl groups is 1. The fourth-order valence-corrected chi connectivity index (χ4v) is 1.05. The van der Waals surface area contributed by atoms with Crippen LogP contribution in [0.2, 0.25) is 0 Å². The van der Waals surface area contributed by atoms with Gasteiger partial charge in [0, 0.05) is 6.61 Å². The summed E-state index contributed by atoms with van der Waals surface area (Å²) in [5, 5.41) is 8.53. The molecule has 14 heavy (non-hydrogen) atoms. The van der Waals surface area contributed by atoms with Crippen LogP contribution in [0.25, 0.3) is 0 Å². The second-order valence-electron chi connectivity index (χ2n) is 3.61. The normalized spacial score (nSPS) is 12.5. The van der Waals surface area contributed by atoms with Crippen LogP contribution in [0.4, 0.5) is 0 Å². The van der Waals surface area contributed by atoms with Gasteiger partial charge in [-0.2, -0.15) is 0 Å². The van der Waals surface area contributed by atoms with Crippen molar-refractivity contribution in [3.63, 3.8) is 0 Å². The number of ether oxygens (including phenoxy) is 1. The summed E-state index contributed by atoms with van der Waals surface area (Å²) in [5.74, 6) is -0.0675. The topological polar surface area (TPSA) is 46.5 Å². The zero-order valence-electron chi connectivity index (χ0n) is 9.29. The molecule has 1 unspecified atom stereocenters. The van der Waals surface area contributed by atoms with E-state index in [1.807, 2.05) is 13.8 Å². The van der Waals surface area contributed by atoms with E-state index >= 15 is 0 Å². The van der Waals surface area contributed by atoms with Crippen molar-refractivity contribution in [3.8, 4) is 0 Å². The number of carbonyl (C=O) groups is 1. The number of carbonyl (C=O) groups excluding carboxylic acids is 1. The first-order valence-electron chi connectivity index (χ1n) is 5.49. The van der Waals surface area contributed by atoms with Crippen LogP contribution in [0.15, 0.2) is 0 Å². The molecule has 0 radical (unpaired) electrons. The molecule has 0 amide bonds. The molecule has 0 spiro atoms. The molecule has 1 N–H and O–H groups in total. The van der Waals surface area contributed by atoms with Gasteiger partial charge in [0.2, 0.25) is 0 Å². The van der Waals surface area contributed by atoms with Crippen LogP contribution in [0, 0.1) is 5.92 Å². The summed E-state index contributed by atoms with van der Waals surface area (Å²) in [6.45, 7) is 4.64. The Kier molecular flexibility index (Phi) is 8.64. The van der Waals surface area contributed by atoms with Gasteiger partial charge < -0.3 is 9.84 Å². The van der Waals surface area contributed by atoms with Crippen molar-refractivity contribution >= 4 is 5.97 Å². The lowest BCUT2D eigenvalue weighted by molar-refractivity contribution is -0.148. The second kappa shape index (κ2) is 9.00. The number of esters is 1. The average Bonchev–Trinajstić information content (AvgIpc) is 2.21. The number of hydrogen-bond donors (Lipinski definition) is 1. The van der Waals surface area contributed by atoms with E-state index in [9.17, 15) is 4.79 Å². The Balaban J connectivity index is 3.23. The molecule has 0 aliphatic carbocycles. The van der Waals surface area contributed by atoms with E-state index in [0.717, 1.165) is 32.1 Å². The third-order valence-corrected chi connectivity index (χ3v) is 2.31. The summed E-state index contributed by atoms with van der Waals surface area (Å²) in [6, 6.07) is 0. The molecule has 0 saturated carbocycles. The molecule has 0 aliphatic heterocycles. The van der Waals surface area contributed by atoms with Gasteiger partial charge in [-0.1, -0.05) is 20.3 Å².